The number of aliphatic hydroxyl groups excluding tert-OH is 1. The predicted molar refractivity (Wildman–Crippen MR) is 101 cm³/mol. The van der Waals surface area contributed by atoms with E-state index in [1.54, 1.807) is 19.1 Å². The quantitative estimate of drug-likeness (QED) is 0.380. The van der Waals surface area contributed by atoms with Crippen LogP contribution in [0.3, 0.4) is 0 Å². The molecule has 0 aromatic heterocycles. The van der Waals surface area contributed by atoms with Gasteiger partial charge >= 0.3 is 17.9 Å². The molecule has 9 heteroatoms. The van der Waals surface area contributed by atoms with E-state index in [0.29, 0.717) is 12.2 Å². The van der Waals surface area contributed by atoms with Gasteiger partial charge in [0, 0.05) is 31.4 Å². The summed E-state index contributed by atoms with van der Waals surface area (Å²) in [7, 11) is 0. The molecule has 3 unspecified atom stereocenters. The molecule has 3 aliphatic rings. The average Bonchev–Trinajstić information content (AvgIpc) is 3.18. The van der Waals surface area contributed by atoms with Gasteiger partial charge in [0.2, 0.25) is 0 Å². The van der Waals surface area contributed by atoms with Gasteiger partial charge in [-0.1, -0.05) is 6.58 Å². The Morgan fingerprint density at radius 3 is 2.70 bits per heavy atom. The molecule has 0 aromatic carbocycles. The molecule has 0 spiro atoms. The molecule has 30 heavy (non-hydrogen) atoms. The second-order valence-electron chi connectivity index (χ2n) is 7.89. The van der Waals surface area contributed by atoms with E-state index in [0.717, 1.165) is 0 Å². The van der Waals surface area contributed by atoms with Crippen molar-refractivity contribution in [3.63, 3.8) is 0 Å². The van der Waals surface area contributed by atoms with E-state index < -0.39 is 48.4 Å². The topological polar surface area (TPSA) is 129 Å². The molecule has 0 fully saturated rings. The number of ether oxygens (including phenoxy) is 4. The van der Waals surface area contributed by atoms with Gasteiger partial charge in [-0.3, -0.25) is 4.79 Å². The molecule has 3 aliphatic heterocycles. The SMILES string of the molecule is C=C(CO)C(=O)OC1CC(C)(O)C2=CCC(C)(C=C3OC(=O)C(COC(C)=O)=C31)O2. The molecule has 0 aliphatic carbocycles. The molecule has 0 aromatic rings. The molecule has 3 atom stereocenters. The highest BCUT2D eigenvalue weighted by atomic mass is 16.6. The number of carbonyl (C=O) groups is 3. The van der Waals surface area contributed by atoms with E-state index in [2.05, 4.69) is 6.58 Å². The molecule has 2 bridgehead atoms. The Labute approximate surface area is 173 Å². The lowest BCUT2D eigenvalue weighted by atomic mass is 9.88. The number of fused-ring (bicyclic) bond motifs is 3. The third kappa shape index (κ3) is 4.17. The summed E-state index contributed by atoms with van der Waals surface area (Å²) in [6.45, 7) is 6.89. The summed E-state index contributed by atoms with van der Waals surface area (Å²) in [5.74, 6) is -1.86. The van der Waals surface area contributed by atoms with Crippen LogP contribution in [0.5, 0.6) is 0 Å². The second kappa shape index (κ2) is 7.73. The number of hydrogen-bond donors (Lipinski definition) is 2. The van der Waals surface area contributed by atoms with Crippen LogP contribution in [-0.4, -0.2) is 58.6 Å². The van der Waals surface area contributed by atoms with Gasteiger partial charge in [-0.2, -0.15) is 0 Å². The van der Waals surface area contributed by atoms with Gasteiger partial charge in [0.05, 0.1) is 17.8 Å². The Hall–Kier alpha value is -2.91. The van der Waals surface area contributed by atoms with Gasteiger partial charge < -0.3 is 29.2 Å². The summed E-state index contributed by atoms with van der Waals surface area (Å²) in [5.41, 5.74) is -2.47. The van der Waals surface area contributed by atoms with Crippen molar-refractivity contribution in [1.29, 1.82) is 0 Å². The second-order valence-corrected chi connectivity index (χ2v) is 7.89. The fourth-order valence-corrected chi connectivity index (χ4v) is 3.51. The third-order valence-corrected chi connectivity index (χ3v) is 5.10. The first kappa shape index (κ1) is 21.8. The van der Waals surface area contributed by atoms with Crippen molar-refractivity contribution in [1.82, 2.24) is 0 Å². The largest absolute Gasteiger partial charge is 0.485 e. The van der Waals surface area contributed by atoms with Gasteiger partial charge in [-0.05, 0) is 19.9 Å². The van der Waals surface area contributed by atoms with Gasteiger partial charge in [0.15, 0.2) is 0 Å². The molecule has 3 heterocycles. The van der Waals surface area contributed by atoms with E-state index in [1.807, 2.05) is 0 Å². The summed E-state index contributed by atoms with van der Waals surface area (Å²) in [5, 5.41) is 20.3. The van der Waals surface area contributed by atoms with Crippen LogP contribution in [0.2, 0.25) is 0 Å². The van der Waals surface area contributed by atoms with Crippen LogP contribution in [0.15, 0.2) is 47.0 Å². The molecule has 0 radical (unpaired) electrons. The maximum Gasteiger partial charge on any atom is 0.343 e. The van der Waals surface area contributed by atoms with Crippen LogP contribution in [0.1, 0.15) is 33.6 Å². The van der Waals surface area contributed by atoms with Crippen LogP contribution in [0, 0.1) is 0 Å². The zero-order chi connectivity index (χ0) is 22.3. The predicted octanol–water partition coefficient (Wildman–Crippen LogP) is 0.965. The minimum atomic E-state index is -1.54. The Bertz CT molecular complexity index is 905. The summed E-state index contributed by atoms with van der Waals surface area (Å²) < 4.78 is 21.8. The highest BCUT2D eigenvalue weighted by molar-refractivity contribution is 5.96. The first-order valence-electron chi connectivity index (χ1n) is 9.39. The molecule has 162 valence electrons. The Morgan fingerprint density at radius 1 is 1.37 bits per heavy atom. The smallest absolute Gasteiger partial charge is 0.343 e. The maximum absolute atomic E-state index is 12.5. The van der Waals surface area contributed by atoms with Crippen molar-refractivity contribution in [3.8, 4) is 0 Å². The van der Waals surface area contributed by atoms with E-state index in [1.165, 1.54) is 13.8 Å². The van der Waals surface area contributed by atoms with Crippen LogP contribution >= 0.6 is 0 Å². The summed E-state index contributed by atoms with van der Waals surface area (Å²) in [6, 6.07) is 0. The van der Waals surface area contributed by atoms with E-state index in [4.69, 9.17) is 18.9 Å². The first-order chi connectivity index (χ1) is 14.0. The zero-order valence-corrected chi connectivity index (χ0v) is 17.0. The summed E-state index contributed by atoms with van der Waals surface area (Å²) in [6.07, 6.45) is 2.40. The van der Waals surface area contributed by atoms with Crippen molar-refractivity contribution < 1.29 is 43.5 Å². The number of aliphatic hydroxyl groups is 2. The Morgan fingerprint density at radius 2 is 2.07 bits per heavy atom. The van der Waals surface area contributed by atoms with Crippen molar-refractivity contribution in [3.05, 3.63) is 47.0 Å². The third-order valence-electron chi connectivity index (χ3n) is 5.10. The molecule has 0 amide bonds. The summed E-state index contributed by atoms with van der Waals surface area (Å²) in [4.78, 5) is 36.2. The monoisotopic (exact) mass is 420 g/mol. The van der Waals surface area contributed by atoms with Crippen molar-refractivity contribution in [2.24, 2.45) is 0 Å². The minimum absolute atomic E-state index is 0.00462. The molecular weight excluding hydrogens is 396 g/mol. The van der Waals surface area contributed by atoms with E-state index in [-0.39, 0.29) is 28.9 Å². The maximum atomic E-state index is 12.5. The van der Waals surface area contributed by atoms with Gasteiger partial charge in [-0.15, -0.1) is 0 Å². The van der Waals surface area contributed by atoms with Crippen LogP contribution < -0.4 is 0 Å². The Kier molecular flexibility index (Phi) is 5.62. The zero-order valence-electron chi connectivity index (χ0n) is 17.0. The fraction of sp³-hybridized carbons (Fsp3) is 0.476. The standard InChI is InChI=1S/C21H24O9/c1-11(9-22)18(24)28-15-8-21(4,26)16-5-6-20(3,30-16)7-14-17(15)13(19(25)29-14)10-27-12(2)23/h5,7,15,22,26H,1,6,8-10H2,2-4H3. The number of carbonyl (C=O) groups excluding carboxylic acids is 3. The molecule has 3 rings (SSSR count). The highest BCUT2D eigenvalue weighted by Gasteiger charge is 2.47. The van der Waals surface area contributed by atoms with Crippen LogP contribution in [0.4, 0.5) is 0 Å². The van der Waals surface area contributed by atoms with Crippen molar-refractivity contribution in [2.75, 3.05) is 13.2 Å². The summed E-state index contributed by atoms with van der Waals surface area (Å²) >= 11 is 0. The minimum Gasteiger partial charge on any atom is -0.485 e. The van der Waals surface area contributed by atoms with Crippen molar-refractivity contribution in [2.45, 2.75) is 50.9 Å². The first-order valence-corrected chi connectivity index (χ1v) is 9.39. The van der Waals surface area contributed by atoms with Crippen molar-refractivity contribution >= 4 is 17.9 Å². The molecule has 2 N–H and O–H groups in total. The van der Waals surface area contributed by atoms with E-state index >= 15 is 0 Å². The fourth-order valence-electron chi connectivity index (χ4n) is 3.51. The van der Waals surface area contributed by atoms with Gasteiger partial charge in [-0.25, -0.2) is 9.59 Å². The number of rotatable bonds is 5. The highest BCUT2D eigenvalue weighted by Crippen LogP contribution is 2.44. The average molecular weight is 420 g/mol. The molecule has 9 nitrogen and oxygen atoms in total. The van der Waals surface area contributed by atoms with Gasteiger partial charge in [0.1, 0.15) is 35.4 Å². The lowest BCUT2D eigenvalue weighted by molar-refractivity contribution is -0.146. The number of esters is 3. The lowest BCUT2D eigenvalue weighted by Gasteiger charge is -2.30. The molecule has 0 saturated heterocycles. The van der Waals surface area contributed by atoms with Crippen LogP contribution in [-0.2, 0) is 33.3 Å². The van der Waals surface area contributed by atoms with E-state index in [9.17, 15) is 24.6 Å². The molecular formula is C21H24O9. The molecule has 0 saturated carbocycles. The number of hydrogen-bond acceptors (Lipinski definition) is 9. The van der Waals surface area contributed by atoms with Crippen LogP contribution in [0.25, 0.3) is 0 Å². The van der Waals surface area contributed by atoms with Gasteiger partial charge in [0.25, 0.3) is 0 Å². The normalized spacial score (nSPS) is 30.0. The lowest BCUT2D eigenvalue weighted by Crippen LogP contribution is -2.36. The Balaban J connectivity index is 2.13.